The summed E-state index contributed by atoms with van der Waals surface area (Å²) in [6.07, 6.45) is 5.04. The van der Waals surface area contributed by atoms with Gasteiger partial charge in [-0.05, 0) is 62.2 Å². The Morgan fingerprint density at radius 1 is 1.23 bits per heavy atom. The van der Waals surface area contributed by atoms with Crippen LogP contribution in [0.4, 0.5) is 0 Å². The van der Waals surface area contributed by atoms with Gasteiger partial charge in [0, 0.05) is 20.1 Å². The number of primary amides is 1. The van der Waals surface area contributed by atoms with Crippen molar-refractivity contribution in [2.75, 3.05) is 39.8 Å². The van der Waals surface area contributed by atoms with Crippen LogP contribution in [0, 0.1) is 0 Å². The Bertz CT molecular complexity index is 799. The van der Waals surface area contributed by atoms with E-state index in [9.17, 15) is 4.79 Å². The average molecular weight is 414 g/mol. The first-order chi connectivity index (χ1) is 14.7. The highest BCUT2D eigenvalue weighted by atomic mass is 16.5. The van der Waals surface area contributed by atoms with Crippen LogP contribution < -0.4 is 21.1 Å². The van der Waals surface area contributed by atoms with E-state index in [1.54, 1.807) is 13.3 Å². The van der Waals surface area contributed by atoms with E-state index in [2.05, 4.69) is 20.5 Å². The van der Waals surface area contributed by atoms with Crippen molar-refractivity contribution in [1.29, 1.82) is 0 Å². The molecule has 1 unspecified atom stereocenters. The van der Waals surface area contributed by atoms with Gasteiger partial charge in [0.1, 0.15) is 11.5 Å². The molecule has 1 aliphatic heterocycles. The molecule has 1 amide bonds. The molecule has 0 radical (unpaired) electrons. The summed E-state index contributed by atoms with van der Waals surface area (Å²) in [6, 6.07) is 11.8. The zero-order chi connectivity index (χ0) is 21.2. The fraction of sp³-hybridized carbons (Fsp3) is 0.455. The third-order valence-corrected chi connectivity index (χ3v) is 5.15. The molecule has 0 bridgehead atoms. The van der Waals surface area contributed by atoms with Crippen molar-refractivity contribution in [1.82, 2.24) is 15.5 Å². The highest BCUT2D eigenvalue weighted by Gasteiger charge is 2.25. The Kier molecular flexibility index (Phi) is 8.14. The molecule has 0 spiro atoms. The minimum absolute atomic E-state index is 0.112. The minimum Gasteiger partial charge on any atom is -0.484 e. The van der Waals surface area contributed by atoms with Crippen molar-refractivity contribution in [3.05, 3.63) is 54.0 Å². The van der Waals surface area contributed by atoms with Gasteiger partial charge in [0.05, 0.1) is 12.3 Å². The highest BCUT2D eigenvalue weighted by Crippen LogP contribution is 2.24. The van der Waals surface area contributed by atoms with Crippen molar-refractivity contribution in [3.63, 3.8) is 0 Å². The Morgan fingerprint density at radius 2 is 2.00 bits per heavy atom. The zero-order valence-corrected chi connectivity index (χ0v) is 17.5. The molecular weight excluding hydrogens is 382 g/mol. The quantitative estimate of drug-likeness (QED) is 0.404. The van der Waals surface area contributed by atoms with E-state index in [0.717, 1.165) is 49.9 Å². The van der Waals surface area contributed by atoms with Gasteiger partial charge < -0.3 is 25.5 Å². The number of aliphatic imine (C=N–C) groups is 1. The Balaban J connectivity index is 1.44. The fourth-order valence-electron chi connectivity index (χ4n) is 3.59. The number of rotatable bonds is 10. The number of hydrogen-bond acceptors (Lipinski definition) is 5. The summed E-state index contributed by atoms with van der Waals surface area (Å²) in [6.45, 7) is 3.56. The molecule has 0 saturated carbocycles. The lowest BCUT2D eigenvalue weighted by Crippen LogP contribution is -2.43. The number of carbonyl (C=O) groups excluding carboxylic acids is 1. The summed E-state index contributed by atoms with van der Waals surface area (Å²) in [4.78, 5) is 17.6. The van der Waals surface area contributed by atoms with E-state index in [-0.39, 0.29) is 12.6 Å². The molecular formula is C22H31N5O3. The van der Waals surface area contributed by atoms with E-state index >= 15 is 0 Å². The molecule has 4 N–H and O–H groups in total. The third-order valence-electron chi connectivity index (χ3n) is 5.15. The highest BCUT2D eigenvalue weighted by molar-refractivity contribution is 5.79. The Morgan fingerprint density at radius 3 is 2.63 bits per heavy atom. The molecule has 1 atom stereocenters. The van der Waals surface area contributed by atoms with Crippen molar-refractivity contribution >= 4 is 11.9 Å². The number of ether oxygens (including phenoxy) is 1. The molecule has 30 heavy (non-hydrogen) atoms. The summed E-state index contributed by atoms with van der Waals surface area (Å²) in [5.41, 5.74) is 6.25. The number of nitrogens with zero attached hydrogens (tertiary/aromatic N) is 2. The smallest absolute Gasteiger partial charge is 0.255 e. The number of nitrogens with two attached hydrogens (primary N) is 1. The van der Waals surface area contributed by atoms with Crippen molar-refractivity contribution < 1.29 is 13.9 Å². The van der Waals surface area contributed by atoms with E-state index < -0.39 is 5.91 Å². The first-order valence-corrected chi connectivity index (χ1v) is 10.4. The first-order valence-electron chi connectivity index (χ1n) is 10.4. The van der Waals surface area contributed by atoms with Crippen LogP contribution in [0.5, 0.6) is 5.75 Å². The molecule has 8 nitrogen and oxygen atoms in total. The second kappa shape index (κ2) is 11.3. The van der Waals surface area contributed by atoms with Crippen LogP contribution in [-0.4, -0.2) is 56.6 Å². The van der Waals surface area contributed by atoms with Gasteiger partial charge in [-0.1, -0.05) is 12.1 Å². The van der Waals surface area contributed by atoms with Crippen LogP contribution in [0.25, 0.3) is 0 Å². The van der Waals surface area contributed by atoms with E-state index in [1.807, 2.05) is 36.4 Å². The lowest BCUT2D eigenvalue weighted by molar-refractivity contribution is -0.119. The maximum atomic E-state index is 10.8. The van der Waals surface area contributed by atoms with Crippen LogP contribution in [0.1, 0.15) is 30.2 Å². The molecule has 8 heteroatoms. The average Bonchev–Trinajstić information content (AvgIpc) is 3.47. The predicted octanol–water partition coefficient (Wildman–Crippen LogP) is 1.69. The molecule has 0 aliphatic carbocycles. The van der Waals surface area contributed by atoms with E-state index in [4.69, 9.17) is 14.9 Å². The Labute approximate surface area is 177 Å². The van der Waals surface area contributed by atoms with Gasteiger partial charge in [0.2, 0.25) is 0 Å². The summed E-state index contributed by atoms with van der Waals surface area (Å²) in [5, 5.41) is 6.79. The normalized spacial score (nSPS) is 15.7. The molecule has 162 valence electrons. The number of carbonyl (C=O) groups is 1. The summed E-state index contributed by atoms with van der Waals surface area (Å²) >= 11 is 0. The standard InChI is InChI=1S/C22H31N5O3/c1-24-22(25-11-10-17-6-8-18(9-7-17)30-16-21(23)28)26-15-19(20-5-4-14-29-20)27-12-2-3-13-27/h4-9,14,19H,2-3,10-13,15-16H2,1H3,(H2,23,28)(H2,24,25,26). The molecule has 2 heterocycles. The Hall–Kier alpha value is -3.00. The number of hydrogen-bond donors (Lipinski definition) is 3. The van der Waals surface area contributed by atoms with E-state index in [1.165, 1.54) is 12.8 Å². The molecule has 1 aliphatic rings. The predicted molar refractivity (Wildman–Crippen MR) is 116 cm³/mol. The summed E-state index contributed by atoms with van der Waals surface area (Å²) in [7, 11) is 1.78. The molecule has 2 aromatic rings. The number of benzene rings is 1. The third kappa shape index (κ3) is 6.52. The lowest BCUT2D eigenvalue weighted by Gasteiger charge is -2.26. The van der Waals surface area contributed by atoms with Crippen molar-refractivity contribution in [2.45, 2.75) is 25.3 Å². The van der Waals surface area contributed by atoms with E-state index in [0.29, 0.717) is 5.75 Å². The van der Waals surface area contributed by atoms with Crippen molar-refractivity contribution in [2.24, 2.45) is 10.7 Å². The SMILES string of the molecule is CN=C(NCCc1ccc(OCC(N)=O)cc1)NCC(c1ccco1)N1CCCC1. The maximum Gasteiger partial charge on any atom is 0.255 e. The first kappa shape index (κ1) is 21.7. The fourth-order valence-corrected chi connectivity index (χ4v) is 3.59. The monoisotopic (exact) mass is 413 g/mol. The molecule has 1 fully saturated rings. The second-order valence-electron chi connectivity index (χ2n) is 7.30. The van der Waals surface area contributed by atoms with Crippen LogP contribution in [-0.2, 0) is 11.2 Å². The molecule has 3 rings (SSSR count). The minimum atomic E-state index is -0.485. The number of nitrogens with one attached hydrogen (secondary N) is 2. The second-order valence-corrected chi connectivity index (χ2v) is 7.30. The number of amides is 1. The molecule has 1 aromatic carbocycles. The number of likely N-dealkylation sites (tertiary alicyclic amines) is 1. The summed E-state index contributed by atoms with van der Waals surface area (Å²) in [5.74, 6) is 1.90. The van der Waals surface area contributed by atoms with Gasteiger partial charge in [-0.3, -0.25) is 14.7 Å². The number of guanidine groups is 1. The van der Waals surface area contributed by atoms with Crippen LogP contribution >= 0.6 is 0 Å². The van der Waals surface area contributed by atoms with Gasteiger partial charge in [0.15, 0.2) is 12.6 Å². The van der Waals surface area contributed by atoms with Crippen LogP contribution in [0.3, 0.4) is 0 Å². The topological polar surface area (TPSA) is 105 Å². The lowest BCUT2D eigenvalue weighted by atomic mass is 10.1. The van der Waals surface area contributed by atoms with Gasteiger partial charge >= 0.3 is 0 Å². The largest absolute Gasteiger partial charge is 0.484 e. The molecule has 1 aromatic heterocycles. The van der Waals surface area contributed by atoms with Crippen LogP contribution in [0.2, 0.25) is 0 Å². The van der Waals surface area contributed by atoms with Crippen molar-refractivity contribution in [3.8, 4) is 5.75 Å². The van der Waals surface area contributed by atoms with Gasteiger partial charge in [-0.2, -0.15) is 0 Å². The van der Waals surface area contributed by atoms with Gasteiger partial charge in [0.25, 0.3) is 5.91 Å². The zero-order valence-electron chi connectivity index (χ0n) is 17.5. The number of furan rings is 1. The summed E-state index contributed by atoms with van der Waals surface area (Å²) < 4.78 is 11.0. The van der Waals surface area contributed by atoms with Gasteiger partial charge in [-0.15, -0.1) is 0 Å². The molecule has 1 saturated heterocycles. The van der Waals surface area contributed by atoms with Gasteiger partial charge in [-0.25, -0.2) is 0 Å². The van der Waals surface area contributed by atoms with Crippen LogP contribution in [0.15, 0.2) is 52.1 Å². The maximum absolute atomic E-state index is 10.8.